The number of rotatable bonds is 16. The third-order valence-electron chi connectivity index (χ3n) is 19.5. The van der Waals surface area contributed by atoms with Crippen molar-refractivity contribution >= 4 is 0 Å². The number of aliphatic hydroxyl groups excluding tert-OH is 11. The van der Waals surface area contributed by atoms with Crippen molar-refractivity contribution < 1.29 is 109 Å². The highest BCUT2D eigenvalue weighted by atomic mass is 16.8. The van der Waals surface area contributed by atoms with Gasteiger partial charge in [0, 0.05) is 19.4 Å². The van der Waals surface area contributed by atoms with Crippen molar-refractivity contribution in [3.8, 4) is 0 Å². The second-order valence-corrected chi connectivity index (χ2v) is 23.7. The van der Waals surface area contributed by atoms with Gasteiger partial charge >= 0.3 is 0 Å². The Hall–Kier alpha value is -1.14. The predicted molar refractivity (Wildman–Crippen MR) is 249 cm³/mol. The van der Waals surface area contributed by atoms with Crippen LogP contribution < -0.4 is 0 Å². The molecule has 12 N–H and O–H groups in total. The van der Waals surface area contributed by atoms with Crippen molar-refractivity contribution in [2.24, 2.45) is 46.3 Å². The van der Waals surface area contributed by atoms with Gasteiger partial charge in [-0.1, -0.05) is 39.3 Å². The largest absolute Gasteiger partial charge is 0.394 e. The van der Waals surface area contributed by atoms with Crippen molar-refractivity contribution in [2.75, 3.05) is 40.1 Å². The van der Waals surface area contributed by atoms with Crippen molar-refractivity contribution in [3.05, 3.63) is 11.6 Å². The van der Waals surface area contributed by atoms with E-state index in [9.17, 15) is 61.3 Å². The molecule has 5 saturated heterocycles. The molecular weight excluding hydrogens is 965 g/mol. The van der Waals surface area contributed by atoms with Crippen molar-refractivity contribution in [2.45, 2.75) is 221 Å². The first-order valence-corrected chi connectivity index (χ1v) is 26.7. The summed E-state index contributed by atoms with van der Waals surface area (Å²) >= 11 is 0. The zero-order valence-corrected chi connectivity index (χ0v) is 42.9. The topological polar surface area (TPSA) is 335 Å². The molecule has 29 atom stereocenters. The lowest BCUT2D eigenvalue weighted by Crippen LogP contribution is -2.65. The van der Waals surface area contributed by atoms with E-state index in [4.69, 9.17) is 47.4 Å². The Morgan fingerprint density at radius 3 is 2.11 bits per heavy atom. The van der Waals surface area contributed by atoms with Gasteiger partial charge in [-0.3, -0.25) is 0 Å². The molecule has 8 fully saturated rings. The first-order chi connectivity index (χ1) is 34.6. The lowest BCUT2D eigenvalue weighted by molar-refractivity contribution is -0.375. The molecule has 5 heterocycles. The van der Waals surface area contributed by atoms with E-state index in [2.05, 4.69) is 26.8 Å². The Kier molecular flexibility index (Phi) is 16.9. The number of methoxy groups -OCH3 is 1. The minimum atomic E-state index is -2.05. The van der Waals surface area contributed by atoms with E-state index in [1.165, 1.54) is 12.5 Å². The van der Waals surface area contributed by atoms with E-state index >= 15 is 0 Å². The van der Waals surface area contributed by atoms with Crippen LogP contribution in [0.5, 0.6) is 0 Å². The van der Waals surface area contributed by atoms with Gasteiger partial charge in [-0.2, -0.15) is 0 Å². The molecule has 0 aromatic rings. The van der Waals surface area contributed by atoms with Gasteiger partial charge in [0.05, 0.1) is 51.3 Å². The van der Waals surface area contributed by atoms with Gasteiger partial charge < -0.3 is 109 Å². The third kappa shape index (κ3) is 9.94. The second-order valence-electron chi connectivity index (χ2n) is 23.7. The number of allylic oxidation sites excluding steroid dienone is 1. The van der Waals surface area contributed by atoms with Gasteiger partial charge in [0.2, 0.25) is 0 Å². The molecular formula is C51H84O22. The summed E-state index contributed by atoms with van der Waals surface area (Å²) in [6.45, 7) is 8.29. The van der Waals surface area contributed by atoms with Gasteiger partial charge in [-0.15, -0.1) is 0 Å². The molecule has 0 aromatic heterocycles. The van der Waals surface area contributed by atoms with Crippen LogP contribution in [0.25, 0.3) is 0 Å². The summed E-state index contributed by atoms with van der Waals surface area (Å²) in [4.78, 5) is 0. The lowest BCUT2D eigenvalue weighted by Gasteiger charge is -2.58. The van der Waals surface area contributed by atoms with Crippen LogP contribution in [0.2, 0.25) is 0 Å². The molecule has 22 heteroatoms. The van der Waals surface area contributed by atoms with Crippen LogP contribution in [0.15, 0.2) is 11.6 Å². The summed E-state index contributed by atoms with van der Waals surface area (Å²) in [6, 6.07) is 0. The molecule has 0 aromatic carbocycles. The van der Waals surface area contributed by atoms with E-state index in [0.29, 0.717) is 43.4 Å². The predicted octanol–water partition coefficient (Wildman–Crippen LogP) is -1.71. The quantitative estimate of drug-likeness (QED) is 0.0766. The maximum absolute atomic E-state index is 12.0. The first kappa shape index (κ1) is 56.6. The third-order valence-corrected chi connectivity index (χ3v) is 19.5. The van der Waals surface area contributed by atoms with E-state index in [1.807, 2.05) is 6.92 Å². The van der Waals surface area contributed by atoms with E-state index < -0.39 is 148 Å². The highest BCUT2D eigenvalue weighted by Gasteiger charge is 2.68. The minimum absolute atomic E-state index is 0.00550. The number of fused-ring (bicyclic) bond motifs is 7. The molecule has 9 rings (SSSR count). The summed E-state index contributed by atoms with van der Waals surface area (Å²) in [5.74, 6) is 0.895. The van der Waals surface area contributed by atoms with Gasteiger partial charge in [0.1, 0.15) is 78.8 Å². The van der Waals surface area contributed by atoms with Gasteiger partial charge in [-0.05, 0) is 98.7 Å². The number of hydrogen-bond donors (Lipinski definition) is 12. The molecule has 0 radical (unpaired) electrons. The van der Waals surface area contributed by atoms with Crippen LogP contribution in [-0.4, -0.2) is 230 Å². The zero-order chi connectivity index (χ0) is 52.7. The number of ether oxygens (including phenoxy) is 10. The minimum Gasteiger partial charge on any atom is -0.394 e. The molecule has 0 amide bonds. The van der Waals surface area contributed by atoms with Crippen LogP contribution in [0.1, 0.15) is 92.4 Å². The summed E-state index contributed by atoms with van der Waals surface area (Å²) in [5, 5.41) is 126. The molecule has 29 unspecified atom stereocenters. The maximum atomic E-state index is 12.0. The number of aliphatic hydroxyl groups is 12. The monoisotopic (exact) mass is 1050 g/mol. The molecule has 9 aliphatic rings. The van der Waals surface area contributed by atoms with E-state index in [0.717, 1.165) is 32.1 Å². The van der Waals surface area contributed by atoms with E-state index in [1.54, 1.807) is 7.11 Å². The normalized spacial score (nSPS) is 54.3. The van der Waals surface area contributed by atoms with Crippen LogP contribution in [0.3, 0.4) is 0 Å². The molecule has 3 saturated carbocycles. The molecule has 0 bridgehead atoms. The highest BCUT2D eigenvalue weighted by Crippen LogP contribution is 2.70. The summed E-state index contributed by atoms with van der Waals surface area (Å²) in [5.41, 5.74) is -0.851. The van der Waals surface area contributed by atoms with Crippen molar-refractivity contribution in [1.82, 2.24) is 0 Å². The van der Waals surface area contributed by atoms with Gasteiger partial charge in [0.15, 0.2) is 30.9 Å². The van der Waals surface area contributed by atoms with Gasteiger partial charge in [-0.25, -0.2) is 0 Å². The fourth-order valence-electron chi connectivity index (χ4n) is 15.0. The summed E-state index contributed by atoms with van der Waals surface area (Å²) in [7, 11) is 1.72. The first-order valence-electron chi connectivity index (χ1n) is 26.7. The SMILES string of the molecule is COC1(CCC(C)COC2OC(CO)C(O)C(O)C2O)OC2CC3C4CC=C5CC(OC6OC(CO)C(OC7OC(C)C(O)C(O)C7O)C(O)C6OC6OCC(O)(CO)C6O)CCC5(C)C4CCC3(C)C2C1C. The van der Waals surface area contributed by atoms with Crippen molar-refractivity contribution in [1.29, 1.82) is 0 Å². The highest BCUT2D eigenvalue weighted by molar-refractivity contribution is 5.26. The average Bonchev–Trinajstić information content (AvgIpc) is 3.96. The summed E-state index contributed by atoms with van der Waals surface area (Å²) in [6.07, 6.45) is -15.3. The summed E-state index contributed by atoms with van der Waals surface area (Å²) < 4.78 is 61.1. The molecule has 22 nitrogen and oxygen atoms in total. The van der Waals surface area contributed by atoms with Gasteiger partial charge in [0.25, 0.3) is 0 Å². The smallest absolute Gasteiger partial charge is 0.187 e. The Balaban J connectivity index is 0.849. The Bertz CT molecular complexity index is 1900. The zero-order valence-electron chi connectivity index (χ0n) is 42.9. The fraction of sp³-hybridized carbons (Fsp3) is 0.961. The second kappa shape index (κ2) is 21.8. The lowest BCUT2D eigenvalue weighted by atomic mass is 9.47. The molecule has 5 aliphatic heterocycles. The fourth-order valence-corrected chi connectivity index (χ4v) is 15.0. The molecule has 4 aliphatic carbocycles. The Morgan fingerprint density at radius 2 is 1.42 bits per heavy atom. The molecule has 73 heavy (non-hydrogen) atoms. The Morgan fingerprint density at radius 1 is 0.740 bits per heavy atom. The van der Waals surface area contributed by atoms with Crippen LogP contribution >= 0.6 is 0 Å². The standard InChI is InChI=1S/C51H84O22/c1-22(19-65-44-38(59)37(58)35(56)31(17-52)69-44)9-14-51(64-6)23(2)33-30(73-51)16-29-27-8-7-25-15-26(10-12-48(25,4)28(27)11-13-49(29,33)5)68-46-42(72-47-43(62)50(63,20-54)21-66-47)40(61)41(32(18-53)70-46)71-45-39(60)36(57)34(55)24(3)67-45/h7,22-24,26-47,52-63H,8-21H2,1-6H3. The average molecular weight is 1050 g/mol. The van der Waals surface area contributed by atoms with E-state index in [-0.39, 0.29) is 41.3 Å². The Labute approximate surface area is 426 Å². The number of hydrogen-bond acceptors (Lipinski definition) is 22. The van der Waals surface area contributed by atoms with Crippen LogP contribution in [0, 0.1) is 46.3 Å². The molecule has 0 spiro atoms. The van der Waals surface area contributed by atoms with Crippen molar-refractivity contribution in [3.63, 3.8) is 0 Å². The maximum Gasteiger partial charge on any atom is 0.187 e. The van der Waals surface area contributed by atoms with Crippen LogP contribution in [-0.2, 0) is 47.4 Å². The van der Waals surface area contributed by atoms with Crippen LogP contribution in [0.4, 0.5) is 0 Å². The molecule has 420 valence electrons.